The maximum Gasteiger partial charge on any atom is 0.471 e. The summed E-state index contributed by atoms with van der Waals surface area (Å²) in [6, 6.07) is -0.538. The molecule has 0 aliphatic heterocycles. The van der Waals surface area contributed by atoms with Crippen molar-refractivity contribution in [1.29, 1.82) is 0 Å². The summed E-state index contributed by atoms with van der Waals surface area (Å²) in [4.78, 5) is 10.4. The van der Waals surface area contributed by atoms with Crippen LogP contribution >= 0.6 is 0 Å². The highest BCUT2D eigenvalue weighted by Crippen LogP contribution is 2.21. The Morgan fingerprint density at radius 3 is 2.38 bits per heavy atom. The van der Waals surface area contributed by atoms with Gasteiger partial charge in [-0.2, -0.15) is 13.2 Å². The molecule has 0 heterocycles. The lowest BCUT2D eigenvalue weighted by molar-refractivity contribution is -0.174. The summed E-state index contributed by atoms with van der Waals surface area (Å²) in [5, 5.41) is 10.8. The molecule has 1 saturated carbocycles. The van der Waals surface area contributed by atoms with Crippen LogP contribution in [-0.2, 0) is 4.79 Å². The molecule has 1 aliphatic rings. The number of aliphatic hydroxyl groups is 1. The van der Waals surface area contributed by atoms with Crippen molar-refractivity contribution in [3.8, 4) is 0 Å². The third kappa shape index (κ3) is 2.87. The maximum atomic E-state index is 11.7. The van der Waals surface area contributed by atoms with Gasteiger partial charge < -0.3 is 10.4 Å². The standard InChI is InChI=1S/C7H10F3NO2/c8-7(9,10)6(13)11-4-1-2-5(12)3-4/h4-5,12H,1-3H2,(H,11,13). The van der Waals surface area contributed by atoms with Gasteiger partial charge in [0.2, 0.25) is 0 Å². The Labute approximate surface area is 72.9 Å². The highest BCUT2D eigenvalue weighted by Gasteiger charge is 2.40. The first kappa shape index (κ1) is 10.3. The van der Waals surface area contributed by atoms with Gasteiger partial charge in [-0.15, -0.1) is 0 Å². The molecule has 76 valence electrons. The summed E-state index contributed by atoms with van der Waals surface area (Å²) in [5.41, 5.74) is 0. The molecule has 3 nitrogen and oxygen atoms in total. The number of aliphatic hydroxyl groups excluding tert-OH is 1. The molecule has 13 heavy (non-hydrogen) atoms. The molecule has 2 N–H and O–H groups in total. The van der Waals surface area contributed by atoms with E-state index in [2.05, 4.69) is 0 Å². The smallest absolute Gasteiger partial charge is 0.393 e. The van der Waals surface area contributed by atoms with Gasteiger partial charge in [0.1, 0.15) is 0 Å². The first-order valence-electron chi connectivity index (χ1n) is 3.95. The number of halogens is 3. The molecule has 0 aromatic rings. The van der Waals surface area contributed by atoms with Crippen LogP contribution in [0.3, 0.4) is 0 Å². The Bertz CT molecular complexity index is 204. The van der Waals surface area contributed by atoms with Gasteiger partial charge in [0.15, 0.2) is 0 Å². The minimum absolute atomic E-state index is 0.210. The van der Waals surface area contributed by atoms with Crippen LogP contribution in [0.25, 0.3) is 0 Å². The molecule has 0 spiro atoms. The fourth-order valence-corrected chi connectivity index (χ4v) is 1.36. The second-order valence-corrected chi connectivity index (χ2v) is 3.14. The maximum absolute atomic E-state index is 11.7. The first-order chi connectivity index (χ1) is 5.89. The normalized spacial score (nSPS) is 28.9. The van der Waals surface area contributed by atoms with E-state index in [-0.39, 0.29) is 6.42 Å². The quantitative estimate of drug-likeness (QED) is 0.646. The molecule has 0 saturated heterocycles. The number of hydrogen-bond donors (Lipinski definition) is 2. The summed E-state index contributed by atoms with van der Waals surface area (Å²) >= 11 is 0. The Morgan fingerprint density at radius 2 is 2.00 bits per heavy atom. The summed E-state index contributed by atoms with van der Waals surface area (Å²) < 4.78 is 35.2. The molecule has 2 unspecified atom stereocenters. The van der Waals surface area contributed by atoms with E-state index in [1.54, 1.807) is 0 Å². The first-order valence-corrected chi connectivity index (χ1v) is 3.95. The van der Waals surface area contributed by atoms with Gasteiger partial charge in [-0.1, -0.05) is 0 Å². The molecule has 1 aliphatic carbocycles. The van der Waals surface area contributed by atoms with Gasteiger partial charge in [-0.25, -0.2) is 0 Å². The highest BCUT2D eigenvalue weighted by atomic mass is 19.4. The Kier molecular flexibility index (Phi) is 2.80. The van der Waals surface area contributed by atoms with Gasteiger partial charge in [-0.05, 0) is 19.3 Å². The minimum Gasteiger partial charge on any atom is -0.393 e. The van der Waals surface area contributed by atoms with E-state index in [9.17, 15) is 18.0 Å². The lowest BCUT2D eigenvalue weighted by Gasteiger charge is -2.13. The number of amides is 1. The lowest BCUT2D eigenvalue weighted by atomic mass is 10.2. The van der Waals surface area contributed by atoms with Crippen LogP contribution in [0, 0.1) is 0 Å². The number of rotatable bonds is 1. The van der Waals surface area contributed by atoms with Gasteiger partial charge in [0, 0.05) is 6.04 Å². The molecule has 2 atom stereocenters. The Morgan fingerprint density at radius 1 is 1.38 bits per heavy atom. The SMILES string of the molecule is O=C(NC1CCC(O)C1)C(F)(F)F. The number of nitrogens with one attached hydrogen (secondary N) is 1. The molecule has 0 radical (unpaired) electrons. The number of hydrogen-bond acceptors (Lipinski definition) is 2. The zero-order valence-electron chi connectivity index (χ0n) is 6.77. The number of carbonyl (C=O) groups is 1. The molecule has 1 fully saturated rings. The van der Waals surface area contributed by atoms with Crippen LogP contribution in [0.4, 0.5) is 13.2 Å². The topological polar surface area (TPSA) is 49.3 Å². The monoisotopic (exact) mass is 197 g/mol. The summed E-state index contributed by atoms with van der Waals surface area (Å²) in [6.07, 6.45) is -4.35. The Balaban J connectivity index is 2.37. The van der Waals surface area contributed by atoms with Crippen molar-refractivity contribution in [2.45, 2.75) is 37.6 Å². The third-order valence-electron chi connectivity index (χ3n) is 2.00. The van der Waals surface area contributed by atoms with E-state index < -0.39 is 24.2 Å². The molecule has 0 bridgehead atoms. The van der Waals surface area contributed by atoms with Crippen molar-refractivity contribution in [3.63, 3.8) is 0 Å². The Hall–Kier alpha value is -0.780. The van der Waals surface area contributed by atoms with E-state index in [0.29, 0.717) is 12.8 Å². The van der Waals surface area contributed by atoms with Gasteiger partial charge in [0.05, 0.1) is 6.10 Å². The zero-order valence-corrected chi connectivity index (χ0v) is 6.77. The summed E-state index contributed by atoms with van der Waals surface area (Å²) in [7, 11) is 0. The average Bonchev–Trinajstić information content (AvgIpc) is 2.33. The molecule has 6 heteroatoms. The van der Waals surface area contributed by atoms with Crippen molar-refractivity contribution in [2.75, 3.05) is 0 Å². The van der Waals surface area contributed by atoms with Crippen molar-refractivity contribution < 1.29 is 23.1 Å². The molecule has 1 rings (SSSR count). The van der Waals surface area contributed by atoms with E-state index in [1.165, 1.54) is 0 Å². The van der Waals surface area contributed by atoms with Gasteiger partial charge in [-0.3, -0.25) is 4.79 Å². The van der Waals surface area contributed by atoms with Crippen molar-refractivity contribution in [2.24, 2.45) is 0 Å². The van der Waals surface area contributed by atoms with E-state index in [4.69, 9.17) is 5.11 Å². The zero-order chi connectivity index (χ0) is 10.1. The third-order valence-corrected chi connectivity index (χ3v) is 2.00. The van der Waals surface area contributed by atoms with Crippen LogP contribution in [0.15, 0.2) is 0 Å². The van der Waals surface area contributed by atoms with Crippen LogP contribution in [0.1, 0.15) is 19.3 Å². The van der Waals surface area contributed by atoms with Gasteiger partial charge >= 0.3 is 12.1 Å². The van der Waals surface area contributed by atoms with E-state index >= 15 is 0 Å². The lowest BCUT2D eigenvalue weighted by Crippen LogP contribution is -2.42. The van der Waals surface area contributed by atoms with Crippen LogP contribution in [0.5, 0.6) is 0 Å². The second-order valence-electron chi connectivity index (χ2n) is 3.14. The summed E-state index contributed by atoms with van der Waals surface area (Å²) in [5.74, 6) is -1.92. The predicted molar refractivity (Wildman–Crippen MR) is 37.8 cm³/mol. The predicted octanol–water partition coefficient (Wildman–Crippen LogP) is 0.578. The largest absolute Gasteiger partial charge is 0.471 e. The minimum atomic E-state index is -4.83. The molecular formula is C7H10F3NO2. The molecule has 1 amide bonds. The van der Waals surface area contributed by atoms with Crippen molar-refractivity contribution in [3.05, 3.63) is 0 Å². The fraction of sp³-hybridized carbons (Fsp3) is 0.857. The van der Waals surface area contributed by atoms with E-state index in [1.807, 2.05) is 5.32 Å². The second kappa shape index (κ2) is 3.53. The van der Waals surface area contributed by atoms with Crippen LogP contribution in [-0.4, -0.2) is 29.3 Å². The summed E-state index contributed by atoms with van der Waals surface area (Å²) in [6.45, 7) is 0. The van der Waals surface area contributed by atoms with Crippen molar-refractivity contribution >= 4 is 5.91 Å². The molecular weight excluding hydrogens is 187 g/mol. The molecule has 0 aromatic heterocycles. The van der Waals surface area contributed by atoms with Crippen LogP contribution < -0.4 is 5.32 Å². The molecule has 0 aromatic carbocycles. The fourth-order valence-electron chi connectivity index (χ4n) is 1.36. The van der Waals surface area contributed by atoms with E-state index in [0.717, 1.165) is 0 Å². The van der Waals surface area contributed by atoms with Crippen molar-refractivity contribution in [1.82, 2.24) is 5.32 Å². The van der Waals surface area contributed by atoms with Crippen LogP contribution in [0.2, 0.25) is 0 Å². The highest BCUT2D eigenvalue weighted by molar-refractivity contribution is 5.81. The van der Waals surface area contributed by atoms with Gasteiger partial charge in [0.25, 0.3) is 0 Å². The number of carbonyl (C=O) groups excluding carboxylic acids is 1. The average molecular weight is 197 g/mol. The number of alkyl halides is 3.